The van der Waals surface area contributed by atoms with Gasteiger partial charge in [-0.25, -0.2) is 9.97 Å². The number of nitrogens with zero attached hydrogens (tertiary/aromatic N) is 4. The van der Waals surface area contributed by atoms with Gasteiger partial charge in [-0.2, -0.15) is 4.98 Å². The van der Waals surface area contributed by atoms with Crippen molar-refractivity contribution in [3.05, 3.63) is 46.2 Å². The van der Waals surface area contributed by atoms with E-state index in [4.69, 9.17) is 21.3 Å². The normalized spacial score (nSPS) is 20.5. The van der Waals surface area contributed by atoms with E-state index >= 15 is 0 Å². The molecule has 8 nitrogen and oxygen atoms in total. The summed E-state index contributed by atoms with van der Waals surface area (Å²) in [5, 5.41) is 8.61. The molecular formula is C25H25ClN6O2S. The van der Waals surface area contributed by atoms with Gasteiger partial charge in [0, 0.05) is 58.5 Å². The molecule has 180 valence electrons. The first-order valence-corrected chi connectivity index (χ1v) is 13.0. The molecule has 1 amide bonds. The van der Waals surface area contributed by atoms with E-state index in [1.807, 2.05) is 31.2 Å². The van der Waals surface area contributed by atoms with Crippen LogP contribution >= 0.6 is 22.9 Å². The molecule has 1 aromatic carbocycles. The van der Waals surface area contributed by atoms with E-state index in [0.717, 1.165) is 38.8 Å². The molecule has 6 rings (SSSR count). The van der Waals surface area contributed by atoms with Crippen molar-refractivity contribution in [1.82, 2.24) is 25.2 Å². The minimum atomic E-state index is -0.0414. The Kier molecular flexibility index (Phi) is 5.70. The quantitative estimate of drug-likeness (QED) is 0.365. The second kappa shape index (κ2) is 8.89. The van der Waals surface area contributed by atoms with Crippen molar-refractivity contribution in [3.63, 3.8) is 0 Å². The lowest BCUT2D eigenvalue weighted by Gasteiger charge is -2.21. The van der Waals surface area contributed by atoms with Crippen LogP contribution in [0.5, 0.6) is 11.8 Å². The molecule has 0 aliphatic carbocycles. The molecular weight excluding hydrogens is 484 g/mol. The first-order valence-electron chi connectivity index (χ1n) is 11.8. The Morgan fingerprint density at radius 3 is 2.94 bits per heavy atom. The Hall–Kier alpha value is -3.01. The average Bonchev–Trinajstić information content (AvgIpc) is 3.38. The zero-order valence-corrected chi connectivity index (χ0v) is 21.0. The van der Waals surface area contributed by atoms with E-state index in [2.05, 4.69) is 32.4 Å². The van der Waals surface area contributed by atoms with E-state index in [1.165, 1.54) is 24.2 Å². The van der Waals surface area contributed by atoms with Crippen molar-refractivity contribution < 1.29 is 9.53 Å². The van der Waals surface area contributed by atoms with Crippen LogP contribution in [0.2, 0.25) is 5.28 Å². The summed E-state index contributed by atoms with van der Waals surface area (Å²) in [6, 6.07) is 8.37. The van der Waals surface area contributed by atoms with Crippen LogP contribution in [-0.2, 0) is 6.54 Å². The zero-order chi connectivity index (χ0) is 24.1. The Morgan fingerprint density at radius 1 is 1.23 bits per heavy atom. The number of carbonyl (C=O) groups is 1. The van der Waals surface area contributed by atoms with Gasteiger partial charge in [0.1, 0.15) is 4.88 Å². The number of aromatic nitrogens is 3. The standard InChI is InChI=1S/C25H25ClN6O2S/c1-13-10-27-21-20-16-5-8-19(30-17(16)6-7-18(20)35-22(21)23(33)29-13)34-24-15(11-28-25(26)31-24)12-32-9-3-4-14(32)2/h5-8,11,13-14,27H,3-4,9-10,12H2,1-2H3,(H,29,33)/t13-,14?/m1/s1. The number of thiophene rings is 1. The predicted molar refractivity (Wildman–Crippen MR) is 139 cm³/mol. The van der Waals surface area contributed by atoms with Gasteiger partial charge in [0.2, 0.25) is 17.0 Å². The van der Waals surface area contributed by atoms with Gasteiger partial charge in [0.05, 0.1) is 11.2 Å². The maximum atomic E-state index is 12.7. The number of carbonyl (C=O) groups excluding carboxylic acids is 1. The van der Waals surface area contributed by atoms with Crippen LogP contribution < -0.4 is 15.4 Å². The fraction of sp³-hybridized carbons (Fsp3) is 0.360. The molecule has 0 saturated carbocycles. The molecule has 10 heteroatoms. The minimum Gasteiger partial charge on any atom is -0.420 e. The second-order valence-corrected chi connectivity index (χ2v) is 10.6. The fourth-order valence-corrected chi connectivity index (χ4v) is 6.10. The van der Waals surface area contributed by atoms with Crippen LogP contribution in [0.3, 0.4) is 0 Å². The smallest absolute Gasteiger partial charge is 0.263 e. The molecule has 0 bridgehead atoms. The summed E-state index contributed by atoms with van der Waals surface area (Å²) in [5.74, 6) is 0.817. The van der Waals surface area contributed by atoms with E-state index in [0.29, 0.717) is 35.8 Å². The van der Waals surface area contributed by atoms with Gasteiger partial charge < -0.3 is 15.4 Å². The lowest BCUT2D eigenvalue weighted by Crippen LogP contribution is -2.34. The zero-order valence-electron chi connectivity index (χ0n) is 19.5. The molecule has 2 aliphatic heterocycles. The maximum Gasteiger partial charge on any atom is 0.263 e. The number of rotatable bonds is 4. The number of hydrogen-bond donors (Lipinski definition) is 2. The number of benzene rings is 1. The summed E-state index contributed by atoms with van der Waals surface area (Å²) in [4.78, 5) is 29.1. The lowest BCUT2D eigenvalue weighted by atomic mass is 10.1. The summed E-state index contributed by atoms with van der Waals surface area (Å²) >= 11 is 7.60. The van der Waals surface area contributed by atoms with E-state index < -0.39 is 0 Å². The third-order valence-electron chi connectivity index (χ3n) is 6.73. The molecule has 35 heavy (non-hydrogen) atoms. The molecule has 4 aromatic rings. The molecule has 2 atom stereocenters. The summed E-state index contributed by atoms with van der Waals surface area (Å²) in [5.41, 5.74) is 2.54. The highest BCUT2D eigenvalue weighted by Crippen LogP contribution is 2.41. The van der Waals surface area contributed by atoms with Gasteiger partial charge in [-0.05, 0) is 63.0 Å². The van der Waals surface area contributed by atoms with Crippen LogP contribution in [-0.4, -0.2) is 50.9 Å². The van der Waals surface area contributed by atoms with Crippen molar-refractivity contribution >= 4 is 55.5 Å². The molecule has 3 aromatic heterocycles. The Morgan fingerprint density at radius 2 is 2.11 bits per heavy atom. The number of ether oxygens (including phenoxy) is 1. The number of likely N-dealkylation sites (tertiary alicyclic amines) is 1. The molecule has 2 N–H and O–H groups in total. The van der Waals surface area contributed by atoms with Crippen molar-refractivity contribution in [3.8, 4) is 11.8 Å². The van der Waals surface area contributed by atoms with Crippen LogP contribution in [0, 0.1) is 0 Å². The van der Waals surface area contributed by atoms with Gasteiger partial charge >= 0.3 is 0 Å². The summed E-state index contributed by atoms with van der Waals surface area (Å²) < 4.78 is 7.19. The lowest BCUT2D eigenvalue weighted by molar-refractivity contribution is 0.0949. The van der Waals surface area contributed by atoms with Gasteiger partial charge in [-0.3, -0.25) is 9.69 Å². The number of fused-ring (bicyclic) bond motifs is 5. The predicted octanol–water partition coefficient (Wildman–Crippen LogP) is 5.21. The SMILES string of the molecule is CC1CCCN1Cc1cnc(Cl)nc1Oc1ccc2c(ccc3sc4c(c32)NC[C@@H](C)NC4=O)n1. The number of nitrogens with one attached hydrogen (secondary N) is 2. The van der Waals surface area contributed by atoms with E-state index in [9.17, 15) is 4.79 Å². The Bertz CT molecular complexity index is 1460. The van der Waals surface area contributed by atoms with E-state index in [1.54, 1.807) is 6.20 Å². The van der Waals surface area contributed by atoms with Crippen molar-refractivity contribution in [1.29, 1.82) is 0 Å². The number of hydrogen-bond acceptors (Lipinski definition) is 8. The highest BCUT2D eigenvalue weighted by atomic mass is 35.5. The second-order valence-electron chi connectivity index (χ2n) is 9.25. The Labute approximate surface area is 211 Å². The van der Waals surface area contributed by atoms with E-state index in [-0.39, 0.29) is 17.2 Å². The molecule has 5 heterocycles. The summed E-state index contributed by atoms with van der Waals surface area (Å²) in [6.45, 7) is 6.64. The first kappa shape index (κ1) is 22.5. The van der Waals surface area contributed by atoms with Crippen molar-refractivity contribution in [2.75, 3.05) is 18.4 Å². The molecule has 1 unspecified atom stereocenters. The summed E-state index contributed by atoms with van der Waals surface area (Å²) in [6.07, 6.45) is 4.11. The average molecular weight is 509 g/mol. The van der Waals surface area contributed by atoms with Gasteiger partial charge in [-0.15, -0.1) is 11.3 Å². The van der Waals surface area contributed by atoms with Crippen LogP contribution in [0.25, 0.3) is 21.0 Å². The van der Waals surface area contributed by atoms with Gasteiger partial charge in [0.25, 0.3) is 5.91 Å². The number of halogens is 1. The van der Waals surface area contributed by atoms with Gasteiger partial charge in [-0.1, -0.05) is 0 Å². The highest BCUT2D eigenvalue weighted by Gasteiger charge is 2.25. The van der Waals surface area contributed by atoms with Crippen molar-refractivity contribution in [2.45, 2.75) is 45.3 Å². The van der Waals surface area contributed by atoms with Crippen LogP contribution in [0.1, 0.15) is 41.9 Å². The molecule has 2 aliphatic rings. The minimum absolute atomic E-state index is 0.0414. The number of anilines is 1. The molecule has 1 fully saturated rings. The molecule has 1 saturated heterocycles. The topological polar surface area (TPSA) is 92.3 Å². The molecule has 0 radical (unpaired) electrons. The fourth-order valence-electron chi connectivity index (χ4n) is 4.88. The maximum absolute atomic E-state index is 12.7. The third kappa shape index (κ3) is 4.17. The number of amides is 1. The van der Waals surface area contributed by atoms with Crippen molar-refractivity contribution in [2.24, 2.45) is 0 Å². The number of pyridine rings is 1. The highest BCUT2D eigenvalue weighted by molar-refractivity contribution is 7.21. The monoisotopic (exact) mass is 508 g/mol. The summed E-state index contributed by atoms with van der Waals surface area (Å²) in [7, 11) is 0. The molecule has 0 spiro atoms. The van der Waals surface area contributed by atoms with Crippen LogP contribution in [0.4, 0.5) is 5.69 Å². The van der Waals surface area contributed by atoms with Crippen LogP contribution in [0.15, 0.2) is 30.5 Å². The third-order valence-corrected chi connectivity index (χ3v) is 8.06. The largest absolute Gasteiger partial charge is 0.420 e. The Balaban J connectivity index is 1.36. The van der Waals surface area contributed by atoms with Gasteiger partial charge in [0.15, 0.2) is 0 Å². The first-order chi connectivity index (χ1) is 17.0.